The Labute approximate surface area is 111 Å². The van der Waals surface area contributed by atoms with Crippen molar-refractivity contribution >= 4 is 23.2 Å². The molecule has 3 heterocycles. The van der Waals surface area contributed by atoms with Gasteiger partial charge in [-0.05, 0) is 12.8 Å². The van der Waals surface area contributed by atoms with Gasteiger partial charge in [-0.25, -0.2) is 4.98 Å². The first kappa shape index (κ1) is 11.7. The Balaban J connectivity index is 1.95. The van der Waals surface area contributed by atoms with Gasteiger partial charge in [0.05, 0.1) is 0 Å². The maximum atomic E-state index is 6.01. The predicted octanol–water partition coefficient (Wildman–Crippen LogP) is 2.55. The Bertz CT molecular complexity index is 530. The van der Waals surface area contributed by atoms with Crippen LogP contribution in [0.4, 0.5) is 5.95 Å². The van der Waals surface area contributed by atoms with Gasteiger partial charge in [0, 0.05) is 25.5 Å². The minimum absolute atomic E-state index is 0.406. The fourth-order valence-corrected chi connectivity index (χ4v) is 2.63. The van der Waals surface area contributed by atoms with E-state index >= 15 is 0 Å². The van der Waals surface area contributed by atoms with Crippen LogP contribution in [0.3, 0.4) is 0 Å². The van der Waals surface area contributed by atoms with Crippen LogP contribution in [0, 0.1) is 0 Å². The lowest BCUT2D eigenvalue weighted by Crippen LogP contribution is -2.28. The van der Waals surface area contributed by atoms with Crippen LogP contribution in [0.2, 0.25) is 5.15 Å². The summed E-state index contributed by atoms with van der Waals surface area (Å²) in [6.07, 6.45) is 9.94. The summed E-state index contributed by atoms with van der Waals surface area (Å²) < 4.78 is 1.93. The zero-order valence-corrected chi connectivity index (χ0v) is 11.0. The largest absolute Gasteiger partial charge is 0.341 e. The summed E-state index contributed by atoms with van der Waals surface area (Å²) in [7, 11) is 0. The molecule has 96 valence electrons. The lowest BCUT2D eigenvalue weighted by atomic mass is 10.1. The van der Waals surface area contributed by atoms with E-state index in [2.05, 4.69) is 20.1 Å². The smallest absolute Gasteiger partial charge is 0.231 e. The van der Waals surface area contributed by atoms with Crippen LogP contribution in [-0.4, -0.2) is 32.7 Å². The van der Waals surface area contributed by atoms with Crippen LogP contribution in [0.1, 0.15) is 32.1 Å². The Morgan fingerprint density at radius 2 is 1.72 bits per heavy atom. The third-order valence-electron chi connectivity index (χ3n) is 3.40. The van der Waals surface area contributed by atoms with E-state index in [1.54, 1.807) is 6.20 Å². The zero-order valence-electron chi connectivity index (χ0n) is 10.2. The summed E-state index contributed by atoms with van der Waals surface area (Å²) in [5, 5.41) is 8.80. The highest BCUT2D eigenvalue weighted by molar-refractivity contribution is 6.32. The van der Waals surface area contributed by atoms with E-state index in [9.17, 15) is 0 Å². The molecule has 6 heteroatoms. The van der Waals surface area contributed by atoms with Gasteiger partial charge in [0.15, 0.2) is 10.8 Å². The monoisotopic (exact) mass is 265 g/mol. The molecule has 18 heavy (non-hydrogen) atoms. The SMILES string of the molecule is Clc1nccn2c(N3CCCCCCC3)nnc12. The van der Waals surface area contributed by atoms with Crippen LogP contribution in [-0.2, 0) is 0 Å². The predicted molar refractivity (Wildman–Crippen MR) is 71.1 cm³/mol. The van der Waals surface area contributed by atoms with Gasteiger partial charge in [-0.3, -0.25) is 4.40 Å². The van der Waals surface area contributed by atoms with E-state index in [0.717, 1.165) is 19.0 Å². The highest BCUT2D eigenvalue weighted by Crippen LogP contribution is 2.20. The molecule has 1 aliphatic heterocycles. The quantitative estimate of drug-likeness (QED) is 0.795. The van der Waals surface area contributed by atoms with Gasteiger partial charge in [0.2, 0.25) is 5.95 Å². The van der Waals surface area contributed by atoms with Gasteiger partial charge in [0.1, 0.15) is 0 Å². The van der Waals surface area contributed by atoms with Crippen molar-refractivity contribution in [3.63, 3.8) is 0 Å². The first-order valence-corrected chi connectivity index (χ1v) is 6.84. The minimum Gasteiger partial charge on any atom is -0.341 e. The fourth-order valence-electron chi connectivity index (χ4n) is 2.45. The van der Waals surface area contributed by atoms with Crippen LogP contribution in [0.5, 0.6) is 0 Å². The van der Waals surface area contributed by atoms with Crippen LogP contribution < -0.4 is 4.90 Å². The van der Waals surface area contributed by atoms with Gasteiger partial charge >= 0.3 is 0 Å². The molecule has 0 N–H and O–H groups in total. The zero-order chi connectivity index (χ0) is 12.4. The van der Waals surface area contributed by atoms with Crippen molar-refractivity contribution < 1.29 is 0 Å². The summed E-state index contributed by atoms with van der Waals surface area (Å²) in [5.41, 5.74) is 0.635. The molecule has 2 aromatic heterocycles. The van der Waals surface area contributed by atoms with Gasteiger partial charge < -0.3 is 4.90 Å². The molecule has 1 aliphatic rings. The maximum absolute atomic E-state index is 6.01. The molecule has 0 radical (unpaired) electrons. The van der Waals surface area contributed by atoms with Gasteiger partial charge in [-0.1, -0.05) is 30.9 Å². The van der Waals surface area contributed by atoms with Crippen LogP contribution >= 0.6 is 11.6 Å². The number of nitrogens with zero attached hydrogens (tertiary/aromatic N) is 5. The molecule has 1 saturated heterocycles. The molecule has 0 spiro atoms. The fraction of sp³-hybridized carbons (Fsp3) is 0.583. The number of aromatic nitrogens is 4. The topological polar surface area (TPSA) is 46.3 Å². The summed E-state index contributed by atoms with van der Waals surface area (Å²) in [4.78, 5) is 6.32. The van der Waals surface area contributed by atoms with E-state index in [1.807, 2.05) is 10.6 Å². The Morgan fingerprint density at radius 3 is 2.50 bits per heavy atom. The average Bonchev–Trinajstić information content (AvgIpc) is 2.74. The summed E-state index contributed by atoms with van der Waals surface area (Å²) >= 11 is 6.01. The number of hydrogen-bond acceptors (Lipinski definition) is 4. The maximum Gasteiger partial charge on any atom is 0.231 e. The van der Waals surface area contributed by atoms with Crippen molar-refractivity contribution in [2.24, 2.45) is 0 Å². The Hall–Kier alpha value is -1.36. The highest BCUT2D eigenvalue weighted by atomic mass is 35.5. The van der Waals surface area contributed by atoms with E-state index in [-0.39, 0.29) is 0 Å². The molecular weight excluding hydrogens is 250 g/mol. The van der Waals surface area contributed by atoms with Crippen LogP contribution in [0.25, 0.3) is 5.65 Å². The first-order valence-electron chi connectivity index (χ1n) is 6.46. The molecule has 0 bridgehead atoms. The number of fused-ring (bicyclic) bond motifs is 1. The molecule has 0 saturated carbocycles. The minimum atomic E-state index is 0.406. The van der Waals surface area contributed by atoms with Crippen molar-refractivity contribution in [2.75, 3.05) is 18.0 Å². The third kappa shape index (κ3) is 2.14. The number of anilines is 1. The molecule has 1 fully saturated rings. The van der Waals surface area contributed by atoms with Gasteiger partial charge in [0.25, 0.3) is 0 Å². The summed E-state index contributed by atoms with van der Waals surface area (Å²) in [6, 6.07) is 0. The average molecular weight is 266 g/mol. The van der Waals surface area contributed by atoms with E-state index < -0.39 is 0 Å². The van der Waals surface area contributed by atoms with Crippen LogP contribution in [0.15, 0.2) is 12.4 Å². The molecule has 2 aromatic rings. The lowest BCUT2D eigenvalue weighted by molar-refractivity contribution is 0.549. The van der Waals surface area contributed by atoms with Crippen molar-refractivity contribution in [3.8, 4) is 0 Å². The summed E-state index contributed by atoms with van der Waals surface area (Å²) in [6.45, 7) is 2.08. The Morgan fingerprint density at radius 1 is 1.00 bits per heavy atom. The lowest BCUT2D eigenvalue weighted by Gasteiger charge is -2.24. The molecule has 5 nitrogen and oxygen atoms in total. The second kappa shape index (κ2) is 5.10. The molecular formula is C12H16ClN5. The van der Waals surface area contributed by atoms with Crippen molar-refractivity contribution in [2.45, 2.75) is 32.1 Å². The molecule has 3 rings (SSSR count). The van der Waals surface area contributed by atoms with Gasteiger partial charge in [-0.2, -0.15) is 0 Å². The Kier molecular flexibility index (Phi) is 3.32. The standard InChI is InChI=1S/C12H16ClN5/c13-10-11-15-16-12(18(11)9-6-14-10)17-7-4-2-1-3-5-8-17/h6,9H,1-5,7-8H2. The van der Waals surface area contributed by atoms with Crippen molar-refractivity contribution in [1.82, 2.24) is 19.6 Å². The number of halogens is 1. The summed E-state index contributed by atoms with van der Waals surface area (Å²) in [5.74, 6) is 0.885. The highest BCUT2D eigenvalue weighted by Gasteiger charge is 2.16. The van der Waals surface area contributed by atoms with Crippen molar-refractivity contribution in [1.29, 1.82) is 0 Å². The number of hydrogen-bond donors (Lipinski definition) is 0. The normalized spacial score (nSPS) is 17.7. The molecule has 0 unspecified atom stereocenters. The second-order valence-corrected chi connectivity index (χ2v) is 5.02. The van der Waals surface area contributed by atoms with Crippen molar-refractivity contribution in [3.05, 3.63) is 17.5 Å². The first-order chi connectivity index (χ1) is 8.86. The van der Waals surface area contributed by atoms with E-state index in [1.165, 1.54) is 32.1 Å². The second-order valence-electron chi connectivity index (χ2n) is 4.67. The van der Waals surface area contributed by atoms with E-state index in [4.69, 9.17) is 11.6 Å². The number of rotatable bonds is 1. The van der Waals surface area contributed by atoms with Gasteiger partial charge in [-0.15, -0.1) is 10.2 Å². The molecule has 0 amide bonds. The molecule has 0 atom stereocenters. The molecule has 0 aliphatic carbocycles. The van der Waals surface area contributed by atoms with E-state index in [0.29, 0.717) is 10.8 Å². The third-order valence-corrected chi connectivity index (χ3v) is 3.67. The molecule has 0 aromatic carbocycles.